The predicted octanol–water partition coefficient (Wildman–Crippen LogP) is 2.00. The highest BCUT2D eigenvalue weighted by atomic mass is 14.9. The molecule has 1 aromatic rings. The Morgan fingerprint density at radius 3 is 3.07 bits per heavy atom. The van der Waals surface area contributed by atoms with Crippen LogP contribution in [-0.2, 0) is 6.42 Å². The summed E-state index contributed by atoms with van der Waals surface area (Å²) in [6.45, 7) is 3.08. The van der Waals surface area contributed by atoms with E-state index < -0.39 is 0 Å². The molecule has 0 spiro atoms. The summed E-state index contributed by atoms with van der Waals surface area (Å²) in [5.74, 6) is 0. The van der Waals surface area contributed by atoms with Crippen molar-refractivity contribution in [1.82, 2.24) is 5.32 Å². The van der Waals surface area contributed by atoms with Crippen LogP contribution in [0.15, 0.2) is 24.3 Å². The molecule has 0 saturated carbocycles. The van der Waals surface area contributed by atoms with E-state index in [0.717, 1.165) is 13.0 Å². The molecule has 0 saturated heterocycles. The average Bonchev–Trinajstić information content (AvgIpc) is 2.62. The van der Waals surface area contributed by atoms with E-state index in [9.17, 15) is 0 Å². The molecule has 2 heteroatoms. The topological polar surface area (TPSA) is 38.0 Å². The van der Waals surface area contributed by atoms with Crippen molar-refractivity contribution in [2.75, 3.05) is 6.54 Å². The molecule has 0 radical (unpaired) electrons. The van der Waals surface area contributed by atoms with Gasteiger partial charge < -0.3 is 11.1 Å². The van der Waals surface area contributed by atoms with Crippen LogP contribution in [0.1, 0.15) is 36.9 Å². The zero-order valence-corrected chi connectivity index (χ0v) is 9.37. The van der Waals surface area contributed by atoms with E-state index in [1.54, 1.807) is 0 Å². The van der Waals surface area contributed by atoms with Crippen LogP contribution in [0.3, 0.4) is 0 Å². The standard InChI is InChI=1S/C13H20N2/c1-10(14)8-9-15-13-7-6-11-4-2-3-5-12(11)13/h2-5,10,13,15H,6-9,14H2,1H3/t10-,13+/m0/s1. The summed E-state index contributed by atoms with van der Waals surface area (Å²) in [6.07, 6.45) is 3.50. The van der Waals surface area contributed by atoms with Crippen molar-refractivity contribution in [3.8, 4) is 0 Å². The largest absolute Gasteiger partial charge is 0.328 e. The molecular formula is C13H20N2. The quantitative estimate of drug-likeness (QED) is 0.787. The van der Waals surface area contributed by atoms with Crippen LogP contribution in [0, 0.1) is 0 Å². The van der Waals surface area contributed by atoms with Crippen LogP contribution in [0.2, 0.25) is 0 Å². The molecule has 1 aliphatic rings. The Balaban J connectivity index is 1.90. The Morgan fingerprint density at radius 1 is 1.47 bits per heavy atom. The minimum Gasteiger partial charge on any atom is -0.328 e. The fourth-order valence-electron chi connectivity index (χ4n) is 2.25. The van der Waals surface area contributed by atoms with Gasteiger partial charge in [0.15, 0.2) is 0 Å². The van der Waals surface area contributed by atoms with Crippen LogP contribution in [-0.4, -0.2) is 12.6 Å². The summed E-state index contributed by atoms with van der Waals surface area (Å²) >= 11 is 0. The fraction of sp³-hybridized carbons (Fsp3) is 0.538. The molecule has 2 rings (SSSR count). The molecule has 0 amide bonds. The summed E-state index contributed by atoms with van der Waals surface area (Å²) in [6, 6.07) is 9.59. The highest BCUT2D eigenvalue weighted by Crippen LogP contribution is 2.30. The zero-order chi connectivity index (χ0) is 10.7. The Morgan fingerprint density at radius 2 is 2.27 bits per heavy atom. The van der Waals surface area contributed by atoms with Gasteiger partial charge in [0, 0.05) is 12.1 Å². The first-order valence-corrected chi connectivity index (χ1v) is 5.84. The summed E-state index contributed by atoms with van der Waals surface area (Å²) in [7, 11) is 0. The normalized spacial score (nSPS) is 21.3. The van der Waals surface area contributed by atoms with Crippen molar-refractivity contribution in [1.29, 1.82) is 0 Å². The second kappa shape index (κ2) is 4.77. The molecule has 0 unspecified atom stereocenters. The number of hydrogen-bond donors (Lipinski definition) is 2. The Labute approximate surface area is 91.9 Å². The van der Waals surface area contributed by atoms with Crippen LogP contribution < -0.4 is 11.1 Å². The first-order valence-electron chi connectivity index (χ1n) is 5.84. The minimum atomic E-state index is 0.300. The van der Waals surface area contributed by atoms with Gasteiger partial charge in [-0.1, -0.05) is 24.3 Å². The maximum absolute atomic E-state index is 5.73. The van der Waals surface area contributed by atoms with Gasteiger partial charge in [0.2, 0.25) is 0 Å². The van der Waals surface area contributed by atoms with Crippen LogP contribution in [0.25, 0.3) is 0 Å². The molecule has 82 valence electrons. The molecular weight excluding hydrogens is 184 g/mol. The van der Waals surface area contributed by atoms with E-state index in [-0.39, 0.29) is 0 Å². The number of fused-ring (bicyclic) bond motifs is 1. The smallest absolute Gasteiger partial charge is 0.0326 e. The van der Waals surface area contributed by atoms with Gasteiger partial charge in [-0.25, -0.2) is 0 Å². The van der Waals surface area contributed by atoms with E-state index in [2.05, 4.69) is 36.5 Å². The number of rotatable bonds is 4. The lowest BCUT2D eigenvalue weighted by atomic mass is 10.1. The lowest BCUT2D eigenvalue weighted by Gasteiger charge is -2.14. The number of nitrogens with two attached hydrogens (primary N) is 1. The van der Waals surface area contributed by atoms with Crippen LogP contribution in [0.4, 0.5) is 0 Å². The molecule has 1 aromatic carbocycles. The highest BCUT2D eigenvalue weighted by molar-refractivity contribution is 5.34. The maximum Gasteiger partial charge on any atom is 0.0326 e. The zero-order valence-electron chi connectivity index (χ0n) is 9.37. The number of aryl methyl sites for hydroxylation is 1. The SMILES string of the molecule is C[C@H](N)CCN[C@@H]1CCc2ccccc21. The summed E-state index contributed by atoms with van der Waals surface area (Å²) < 4.78 is 0. The van der Waals surface area contributed by atoms with Gasteiger partial charge in [-0.2, -0.15) is 0 Å². The third kappa shape index (κ3) is 2.58. The van der Waals surface area contributed by atoms with Gasteiger partial charge in [-0.05, 0) is 43.9 Å². The molecule has 15 heavy (non-hydrogen) atoms. The fourth-order valence-corrected chi connectivity index (χ4v) is 2.25. The van der Waals surface area contributed by atoms with Crippen molar-refractivity contribution in [2.24, 2.45) is 5.73 Å². The van der Waals surface area contributed by atoms with E-state index in [4.69, 9.17) is 5.73 Å². The van der Waals surface area contributed by atoms with E-state index in [1.165, 1.54) is 24.0 Å². The molecule has 0 bridgehead atoms. The molecule has 0 fully saturated rings. The van der Waals surface area contributed by atoms with Crippen molar-refractivity contribution >= 4 is 0 Å². The van der Waals surface area contributed by atoms with Gasteiger partial charge in [0.05, 0.1) is 0 Å². The first kappa shape index (κ1) is 10.7. The molecule has 2 nitrogen and oxygen atoms in total. The number of hydrogen-bond acceptors (Lipinski definition) is 2. The second-order valence-corrected chi connectivity index (χ2v) is 4.51. The van der Waals surface area contributed by atoms with Crippen molar-refractivity contribution in [3.05, 3.63) is 35.4 Å². The monoisotopic (exact) mass is 204 g/mol. The lowest BCUT2D eigenvalue weighted by molar-refractivity contribution is 0.500. The summed E-state index contributed by atoms with van der Waals surface area (Å²) in [5.41, 5.74) is 8.73. The van der Waals surface area contributed by atoms with Gasteiger partial charge in [0.1, 0.15) is 0 Å². The Bertz CT molecular complexity index is 320. The van der Waals surface area contributed by atoms with Crippen LogP contribution in [0.5, 0.6) is 0 Å². The minimum absolute atomic E-state index is 0.300. The molecule has 3 N–H and O–H groups in total. The van der Waals surface area contributed by atoms with Gasteiger partial charge in [-0.15, -0.1) is 0 Å². The molecule has 0 aliphatic heterocycles. The van der Waals surface area contributed by atoms with E-state index in [0.29, 0.717) is 12.1 Å². The van der Waals surface area contributed by atoms with Gasteiger partial charge in [0.25, 0.3) is 0 Å². The lowest BCUT2D eigenvalue weighted by Crippen LogP contribution is -2.26. The summed E-state index contributed by atoms with van der Waals surface area (Å²) in [4.78, 5) is 0. The second-order valence-electron chi connectivity index (χ2n) is 4.51. The molecule has 0 heterocycles. The average molecular weight is 204 g/mol. The molecule has 1 aliphatic carbocycles. The van der Waals surface area contributed by atoms with Gasteiger partial charge in [-0.3, -0.25) is 0 Å². The third-order valence-electron chi connectivity index (χ3n) is 3.12. The summed E-state index contributed by atoms with van der Waals surface area (Å²) in [5, 5.41) is 3.59. The number of benzene rings is 1. The molecule has 0 aromatic heterocycles. The third-order valence-corrected chi connectivity index (χ3v) is 3.12. The molecule has 2 atom stereocenters. The first-order chi connectivity index (χ1) is 7.27. The maximum atomic E-state index is 5.73. The Hall–Kier alpha value is -0.860. The van der Waals surface area contributed by atoms with Crippen molar-refractivity contribution < 1.29 is 0 Å². The van der Waals surface area contributed by atoms with Crippen molar-refractivity contribution in [2.45, 2.75) is 38.3 Å². The van der Waals surface area contributed by atoms with E-state index >= 15 is 0 Å². The van der Waals surface area contributed by atoms with E-state index in [1.807, 2.05) is 0 Å². The predicted molar refractivity (Wildman–Crippen MR) is 63.8 cm³/mol. The highest BCUT2D eigenvalue weighted by Gasteiger charge is 2.20. The van der Waals surface area contributed by atoms with Gasteiger partial charge >= 0.3 is 0 Å². The van der Waals surface area contributed by atoms with Crippen molar-refractivity contribution in [3.63, 3.8) is 0 Å². The van der Waals surface area contributed by atoms with Crippen LogP contribution >= 0.6 is 0 Å². The number of nitrogens with one attached hydrogen (secondary N) is 1. The Kier molecular flexibility index (Phi) is 3.39.